The quantitative estimate of drug-likeness (QED) is 0.668. The van der Waals surface area contributed by atoms with Gasteiger partial charge in [-0.15, -0.1) is 0 Å². The van der Waals surface area contributed by atoms with Crippen LogP contribution in [0.3, 0.4) is 0 Å². The van der Waals surface area contributed by atoms with Crippen LogP contribution in [0.25, 0.3) is 0 Å². The molecule has 0 aliphatic carbocycles. The summed E-state index contributed by atoms with van der Waals surface area (Å²) in [4.78, 5) is 11.3. The Bertz CT molecular complexity index is 314. The molecule has 1 N–H and O–H groups in total. The number of fused-ring (bicyclic) bond motifs is 1. The van der Waals surface area contributed by atoms with E-state index in [-0.39, 0.29) is 32.9 Å². The molecular formula is C8H7IO3. The summed E-state index contributed by atoms with van der Waals surface area (Å²) < 4.78 is 9.01. The van der Waals surface area contributed by atoms with Crippen LogP contribution in [0, 0.1) is 0 Å². The summed E-state index contributed by atoms with van der Waals surface area (Å²) in [5.74, 6) is 0.525. The molecule has 64 valence electrons. The van der Waals surface area contributed by atoms with Gasteiger partial charge in [0.2, 0.25) is 6.29 Å². The molecule has 12 heavy (non-hydrogen) atoms. The molecule has 0 radical (unpaired) electrons. The zero-order chi connectivity index (χ0) is 8.55. The smallest absolute Gasteiger partial charge is 0.204 e. The normalized spacial score (nSPS) is 27.8. The van der Waals surface area contributed by atoms with Crippen molar-refractivity contribution in [1.29, 1.82) is 0 Å². The van der Waals surface area contributed by atoms with Crippen LogP contribution in [0.2, 0.25) is 0 Å². The van der Waals surface area contributed by atoms with E-state index >= 15 is 0 Å². The maximum atomic E-state index is 11.3. The first-order valence-corrected chi connectivity index (χ1v) is 6.00. The lowest BCUT2D eigenvalue weighted by atomic mass is 10.1. The summed E-state index contributed by atoms with van der Waals surface area (Å²) in [7, 11) is 0. The van der Waals surface area contributed by atoms with Crippen molar-refractivity contribution in [3.05, 3.63) is 21.5 Å². The summed E-state index contributed by atoms with van der Waals surface area (Å²) in [6.07, 6.45) is 0.918. The third-order valence-corrected chi connectivity index (χ3v) is 3.41. The van der Waals surface area contributed by atoms with Crippen molar-refractivity contribution in [3.63, 3.8) is 0 Å². The number of ether oxygens (including phenoxy) is 1. The van der Waals surface area contributed by atoms with Crippen LogP contribution < -0.4 is 0 Å². The molecule has 1 fully saturated rings. The molecule has 0 saturated carbocycles. The first kappa shape index (κ1) is 8.12. The number of Topliss-reactive ketones (excluding diaryl/α,β-unsaturated/α-hetero) is 1. The van der Waals surface area contributed by atoms with Gasteiger partial charge in [0.05, 0.1) is 12.0 Å². The fraction of sp³-hybridized carbons (Fsp3) is 0.250. The molecule has 1 saturated heterocycles. The highest BCUT2D eigenvalue weighted by Crippen LogP contribution is 2.28. The molecule has 0 aromatic heterocycles. The highest BCUT2D eigenvalue weighted by Gasteiger charge is 2.27. The standard InChI is InChI=1S/C8H7IO3/c10-6-3-8(11)12-7-1-2-9-4-5(6)7/h1-2,4,8,11H,3H2. The van der Waals surface area contributed by atoms with Crippen LogP contribution >= 0.6 is 20.7 Å². The number of hydrogen-bond donors (Lipinski definition) is 1. The average molecular weight is 278 g/mol. The second kappa shape index (κ2) is 3.10. The molecule has 0 aromatic rings. The number of aliphatic hydroxyl groups excluding tert-OH is 1. The maximum absolute atomic E-state index is 11.3. The predicted molar refractivity (Wildman–Crippen MR) is 53.0 cm³/mol. The molecule has 2 aliphatic rings. The Morgan fingerprint density at radius 3 is 3.33 bits per heavy atom. The molecule has 0 amide bonds. The fourth-order valence-corrected chi connectivity index (χ4v) is 2.85. The zero-order valence-electron chi connectivity index (χ0n) is 6.16. The number of aliphatic hydroxyl groups is 1. The lowest BCUT2D eigenvalue weighted by Crippen LogP contribution is -2.26. The average Bonchev–Trinajstić information content (AvgIpc) is 2.04. The molecule has 4 heteroatoms. The molecule has 2 rings (SSSR count). The molecule has 2 heterocycles. The van der Waals surface area contributed by atoms with Crippen LogP contribution in [-0.2, 0) is 9.53 Å². The van der Waals surface area contributed by atoms with Gasteiger partial charge in [0.1, 0.15) is 5.76 Å². The predicted octanol–water partition coefficient (Wildman–Crippen LogP) is 0.849. The molecule has 0 bridgehead atoms. The Morgan fingerprint density at radius 2 is 2.50 bits per heavy atom. The second-order valence-corrected chi connectivity index (χ2v) is 4.57. The van der Waals surface area contributed by atoms with Crippen LogP contribution in [0.4, 0.5) is 0 Å². The van der Waals surface area contributed by atoms with E-state index in [4.69, 9.17) is 9.84 Å². The van der Waals surface area contributed by atoms with Crippen molar-refractivity contribution in [2.75, 3.05) is 0 Å². The minimum absolute atomic E-state index is 0.00667. The van der Waals surface area contributed by atoms with Crippen LogP contribution in [-0.4, -0.2) is 21.2 Å². The second-order valence-electron chi connectivity index (χ2n) is 2.51. The Kier molecular flexibility index (Phi) is 2.10. The summed E-state index contributed by atoms with van der Waals surface area (Å²) in [6.45, 7) is 0. The number of allylic oxidation sites excluding steroid dienone is 2. The summed E-state index contributed by atoms with van der Waals surface area (Å²) in [6, 6.07) is 0. The zero-order valence-corrected chi connectivity index (χ0v) is 8.32. The topological polar surface area (TPSA) is 46.5 Å². The van der Waals surface area contributed by atoms with Gasteiger partial charge in [-0.25, -0.2) is 0 Å². The van der Waals surface area contributed by atoms with Gasteiger partial charge in [0.25, 0.3) is 0 Å². The first-order chi connectivity index (χ1) is 5.77. The van der Waals surface area contributed by atoms with Gasteiger partial charge < -0.3 is 9.84 Å². The van der Waals surface area contributed by atoms with Gasteiger partial charge in [-0.3, -0.25) is 4.79 Å². The van der Waals surface area contributed by atoms with Crippen molar-refractivity contribution < 1.29 is 14.6 Å². The summed E-state index contributed by atoms with van der Waals surface area (Å²) in [5.41, 5.74) is 0.663. The number of halogens is 1. The molecule has 0 aromatic carbocycles. The Balaban J connectivity index is 2.37. The highest BCUT2D eigenvalue weighted by atomic mass is 127. The van der Waals surface area contributed by atoms with Crippen molar-refractivity contribution >= 4 is 30.5 Å². The molecule has 1 unspecified atom stereocenters. The Hall–Kier alpha value is -0.490. The van der Waals surface area contributed by atoms with Gasteiger partial charge in [-0.05, 0) is 14.2 Å². The molecular weight excluding hydrogens is 271 g/mol. The van der Waals surface area contributed by atoms with E-state index in [9.17, 15) is 4.79 Å². The first-order valence-electron chi connectivity index (χ1n) is 3.51. The molecule has 2 aliphatic heterocycles. The van der Waals surface area contributed by atoms with Crippen LogP contribution in [0.1, 0.15) is 6.42 Å². The van der Waals surface area contributed by atoms with E-state index in [0.29, 0.717) is 11.3 Å². The van der Waals surface area contributed by atoms with Crippen molar-refractivity contribution in [1.82, 2.24) is 0 Å². The third kappa shape index (κ3) is 1.36. The van der Waals surface area contributed by atoms with Gasteiger partial charge >= 0.3 is 0 Å². The maximum Gasteiger partial charge on any atom is 0.204 e. The largest absolute Gasteiger partial charge is 0.464 e. The van der Waals surface area contributed by atoms with Crippen molar-refractivity contribution in [3.8, 4) is 0 Å². The number of rotatable bonds is 0. The van der Waals surface area contributed by atoms with Crippen LogP contribution in [0.15, 0.2) is 21.5 Å². The van der Waals surface area contributed by atoms with E-state index in [1.165, 1.54) is 0 Å². The summed E-state index contributed by atoms with van der Waals surface area (Å²) >= 11 is -0.119. The Labute approximate surface area is 79.5 Å². The fourth-order valence-electron chi connectivity index (χ4n) is 1.09. The minimum Gasteiger partial charge on any atom is -0.464 e. The Morgan fingerprint density at radius 1 is 1.67 bits per heavy atom. The lowest BCUT2D eigenvalue weighted by Gasteiger charge is -2.23. The molecule has 3 nitrogen and oxygen atoms in total. The van der Waals surface area contributed by atoms with E-state index in [2.05, 4.69) is 0 Å². The number of ketones is 1. The van der Waals surface area contributed by atoms with Gasteiger partial charge in [0, 0.05) is 0 Å². The van der Waals surface area contributed by atoms with Crippen LogP contribution in [0.5, 0.6) is 0 Å². The van der Waals surface area contributed by atoms with E-state index < -0.39 is 6.29 Å². The molecule has 1 atom stereocenters. The third-order valence-electron chi connectivity index (χ3n) is 1.65. The van der Waals surface area contributed by atoms with E-state index in [0.717, 1.165) is 0 Å². The van der Waals surface area contributed by atoms with E-state index in [1.807, 2.05) is 8.09 Å². The monoisotopic (exact) mass is 278 g/mol. The van der Waals surface area contributed by atoms with Crippen molar-refractivity contribution in [2.24, 2.45) is 0 Å². The van der Waals surface area contributed by atoms with Gasteiger partial charge in [0.15, 0.2) is 5.78 Å². The minimum atomic E-state index is -0.953. The number of hydrogen-bond acceptors (Lipinski definition) is 3. The lowest BCUT2D eigenvalue weighted by molar-refractivity contribution is -0.132. The highest BCUT2D eigenvalue weighted by molar-refractivity contribution is 14.2. The number of carbonyl (C=O) groups is 1. The van der Waals surface area contributed by atoms with E-state index in [1.54, 1.807) is 6.08 Å². The summed E-state index contributed by atoms with van der Waals surface area (Å²) in [5, 5.41) is 9.10. The van der Waals surface area contributed by atoms with Crippen molar-refractivity contribution in [2.45, 2.75) is 12.7 Å². The molecule has 0 spiro atoms. The van der Waals surface area contributed by atoms with Gasteiger partial charge in [-0.2, -0.15) is 0 Å². The van der Waals surface area contributed by atoms with Gasteiger partial charge in [-0.1, -0.05) is 20.7 Å². The SMILES string of the molecule is O=C1CC(O)OC2=CC=IC=C12. The number of carbonyl (C=O) groups excluding carboxylic acids is 1.